The van der Waals surface area contributed by atoms with Crippen molar-refractivity contribution in [1.82, 2.24) is 9.97 Å². The summed E-state index contributed by atoms with van der Waals surface area (Å²) in [7, 11) is -3.97. The van der Waals surface area contributed by atoms with Crippen molar-refractivity contribution in [3.05, 3.63) is 78.6 Å². The lowest BCUT2D eigenvalue weighted by atomic mass is 10.1. The van der Waals surface area contributed by atoms with E-state index >= 15 is 0 Å². The molecule has 7 nitrogen and oxygen atoms in total. The highest BCUT2D eigenvalue weighted by Gasteiger charge is 2.19. The number of hydrogen-bond donors (Lipinski definition) is 3. The molecule has 0 radical (unpaired) electrons. The van der Waals surface area contributed by atoms with Crippen molar-refractivity contribution in [2.24, 2.45) is 0 Å². The van der Waals surface area contributed by atoms with Crippen LogP contribution in [0.5, 0.6) is 0 Å². The first kappa shape index (κ1) is 20.4. The molecule has 0 aliphatic rings. The number of halogens is 1. The number of hydrogen-bond acceptors (Lipinski definition) is 5. The molecule has 4 aromatic rings. The molecule has 4 rings (SSSR count). The Hall–Kier alpha value is -2.88. The molecule has 0 bridgehead atoms. The first-order valence-corrected chi connectivity index (χ1v) is 11.5. The van der Waals surface area contributed by atoms with Crippen LogP contribution in [-0.2, 0) is 10.0 Å². The maximum absolute atomic E-state index is 13.0. The van der Waals surface area contributed by atoms with E-state index in [4.69, 9.17) is 11.6 Å². The lowest BCUT2D eigenvalue weighted by molar-refractivity contribution is 0.600. The van der Waals surface area contributed by atoms with Crippen LogP contribution in [0.15, 0.2) is 56.3 Å². The number of sulfonamides is 1. The smallest absolute Gasteiger partial charge is 0.314 e. The van der Waals surface area contributed by atoms with Crippen LogP contribution in [-0.4, -0.2) is 18.4 Å². The number of benzene rings is 2. The molecule has 0 unspecified atom stereocenters. The molecule has 0 aliphatic heterocycles. The second kappa shape index (κ2) is 7.42. The fourth-order valence-corrected chi connectivity index (χ4v) is 5.68. The van der Waals surface area contributed by atoms with Gasteiger partial charge in [0.25, 0.3) is 10.0 Å². The van der Waals surface area contributed by atoms with E-state index in [1.54, 1.807) is 36.5 Å². The minimum absolute atomic E-state index is 0.0215. The molecule has 30 heavy (non-hydrogen) atoms. The Bertz CT molecular complexity index is 1520. The van der Waals surface area contributed by atoms with E-state index in [1.807, 2.05) is 18.4 Å². The number of thiophene rings is 1. The third-order valence-electron chi connectivity index (χ3n) is 4.52. The van der Waals surface area contributed by atoms with Crippen molar-refractivity contribution >= 4 is 49.7 Å². The average Bonchev–Trinajstić information content (AvgIpc) is 3.08. The number of aromatic amines is 2. The molecule has 0 atom stereocenters. The first-order chi connectivity index (χ1) is 14.1. The number of nitrogens with one attached hydrogen (secondary N) is 3. The molecule has 2 heterocycles. The average molecular weight is 462 g/mol. The molecule has 0 saturated heterocycles. The molecule has 2 aromatic heterocycles. The highest BCUT2D eigenvalue weighted by atomic mass is 35.5. The van der Waals surface area contributed by atoms with Gasteiger partial charge in [0.05, 0.1) is 26.6 Å². The fourth-order valence-electron chi connectivity index (χ4n) is 3.10. The summed E-state index contributed by atoms with van der Waals surface area (Å²) in [6, 6.07) is 9.79. The van der Waals surface area contributed by atoms with E-state index in [1.165, 1.54) is 12.1 Å². The van der Waals surface area contributed by atoms with E-state index in [0.717, 1.165) is 16.0 Å². The predicted molar refractivity (Wildman–Crippen MR) is 120 cm³/mol. The van der Waals surface area contributed by atoms with Gasteiger partial charge in [-0.2, -0.15) is 0 Å². The van der Waals surface area contributed by atoms with E-state index in [9.17, 15) is 18.0 Å². The van der Waals surface area contributed by atoms with Crippen LogP contribution in [0.25, 0.3) is 21.5 Å². The topological polar surface area (TPSA) is 112 Å². The molecule has 2 aromatic carbocycles. The summed E-state index contributed by atoms with van der Waals surface area (Å²) in [6.45, 7) is 3.60. The number of aryl methyl sites for hydroxylation is 2. The minimum atomic E-state index is -3.97. The van der Waals surface area contributed by atoms with Crippen molar-refractivity contribution < 1.29 is 8.42 Å². The van der Waals surface area contributed by atoms with E-state index in [-0.39, 0.29) is 10.4 Å². The number of aromatic nitrogens is 2. The van der Waals surface area contributed by atoms with Crippen molar-refractivity contribution in [1.29, 1.82) is 0 Å². The highest BCUT2D eigenvalue weighted by Crippen LogP contribution is 2.35. The standard InChI is InChI=1S/C20H16ClN3O4S2/c1-10-5-17(29-9-10)13-4-3-12(7-14(13)21)24-30(27,28)18-8-16-15(6-11(18)2)22-19(25)20(26)23-16/h3-9,24H,1-2H3,(H,22,25)(H,23,26). The molecular weight excluding hydrogens is 446 g/mol. The van der Waals surface area contributed by atoms with Gasteiger partial charge in [0.15, 0.2) is 0 Å². The van der Waals surface area contributed by atoms with Crippen LogP contribution in [0.3, 0.4) is 0 Å². The predicted octanol–water partition coefficient (Wildman–Crippen LogP) is 4.02. The summed E-state index contributed by atoms with van der Waals surface area (Å²) in [6.07, 6.45) is 0. The second-order valence-corrected chi connectivity index (χ2v) is 9.83. The molecule has 154 valence electrons. The Morgan fingerprint density at radius 3 is 2.23 bits per heavy atom. The third-order valence-corrected chi connectivity index (χ3v) is 7.44. The normalized spacial score (nSPS) is 11.7. The molecule has 3 N–H and O–H groups in total. The van der Waals surface area contributed by atoms with Crippen molar-refractivity contribution in [3.63, 3.8) is 0 Å². The zero-order valence-corrected chi connectivity index (χ0v) is 18.3. The Labute approximate surface area is 180 Å². The lowest BCUT2D eigenvalue weighted by Gasteiger charge is -2.12. The monoisotopic (exact) mass is 461 g/mol. The maximum atomic E-state index is 13.0. The zero-order valence-electron chi connectivity index (χ0n) is 15.9. The largest absolute Gasteiger partial charge is 0.316 e. The number of rotatable bonds is 4. The maximum Gasteiger partial charge on any atom is 0.314 e. The summed E-state index contributed by atoms with van der Waals surface area (Å²) < 4.78 is 28.5. The first-order valence-electron chi connectivity index (χ1n) is 8.79. The van der Waals surface area contributed by atoms with Crippen LogP contribution in [0, 0.1) is 13.8 Å². The number of H-pyrrole nitrogens is 2. The van der Waals surface area contributed by atoms with Gasteiger partial charge in [-0.1, -0.05) is 11.6 Å². The molecular formula is C20H16ClN3O4S2. The molecule has 0 fully saturated rings. The molecule has 10 heteroatoms. The third kappa shape index (κ3) is 3.79. The SMILES string of the molecule is Cc1csc(-c2ccc(NS(=O)(=O)c3cc4[nH]c(=O)c(=O)[nH]c4cc3C)cc2Cl)c1. The summed E-state index contributed by atoms with van der Waals surface area (Å²) >= 11 is 7.95. The summed E-state index contributed by atoms with van der Waals surface area (Å²) in [4.78, 5) is 28.9. The van der Waals surface area contributed by atoms with Gasteiger partial charge in [-0.3, -0.25) is 14.3 Å². The Kier molecular flexibility index (Phi) is 5.05. The number of fused-ring (bicyclic) bond motifs is 1. The van der Waals surface area contributed by atoms with Crippen LogP contribution < -0.4 is 15.8 Å². The summed E-state index contributed by atoms with van der Waals surface area (Å²) in [5.41, 5.74) is 1.57. The van der Waals surface area contributed by atoms with Crippen LogP contribution in [0.2, 0.25) is 5.02 Å². The van der Waals surface area contributed by atoms with Crippen molar-refractivity contribution in [3.8, 4) is 10.4 Å². The van der Waals surface area contributed by atoms with Gasteiger partial charge in [0, 0.05) is 10.4 Å². The van der Waals surface area contributed by atoms with Crippen LogP contribution >= 0.6 is 22.9 Å². The van der Waals surface area contributed by atoms with Gasteiger partial charge in [-0.25, -0.2) is 8.42 Å². The van der Waals surface area contributed by atoms with Crippen molar-refractivity contribution in [2.45, 2.75) is 18.7 Å². The van der Waals surface area contributed by atoms with Gasteiger partial charge in [0.2, 0.25) is 0 Å². The van der Waals surface area contributed by atoms with E-state index in [0.29, 0.717) is 21.8 Å². The Balaban J connectivity index is 1.72. The number of anilines is 1. The molecule has 0 saturated carbocycles. The van der Waals surface area contributed by atoms with Crippen LogP contribution in [0.4, 0.5) is 5.69 Å². The van der Waals surface area contributed by atoms with E-state index in [2.05, 4.69) is 14.7 Å². The second-order valence-electron chi connectivity index (χ2n) is 6.86. The summed E-state index contributed by atoms with van der Waals surface area (Å²) in [5.74, 6) is 0. The fraction of sp³-hybridized carbons (Fsp3) is 0.100. The highest BCUT2D eigenvalue weighted by molar-refractivity contribution is 7.92. The Morgan fingerprint density at radius 1 is 0.967 bits per heavy atom. The summed E-state index contributed by atoms with van der Waals surface area (Å²) in [5, 5.41) is 2.44. The van der Waals surface area contributed by atoms with Crippen LogP contribution in [0.1, 0.15) is 11.1 Å². The molecule has 0 aliphatic carbocycles. The minimum Gasteiger partial charge on any atom is -0.316 e. The van der Waals surface area contributed by atoms with E-state index < -0.39 is 21.1 Å². The Morgan fingerprint density at radius 2 is 1.63 bits per heavy atom. The van der Waals surface area contributed by atoms with Gasteiger partial charge in [-0.05, 0) is 66.8 Å². The van der Waals surface area contributed by atoms with Gasteiger partial charge < -0.3 is 9.97 Å². The van der Waals surface area contributed by atoms with Gasteiger partial charge >= 0.3 is 11.1 Å². The zero-order chi connectivity index (χ0) is 21.6. The lowest BCUT2D eigenvalue weighted by Crippen LogP contribution is -2.29. The molecule has 0 amide bonds. The molecule has 0 spiro atoms. The van der Waals surface area contributed by atoms with Crippen molar-refractivity contribution in [2.75, 3.05) is 4.72 Å². The van der Waals surface area contributed by atoms with Gasteiger partial charge in [0.1, 0.15) is 0 Å². The quantitative estimate of drug-likeness (QED) is 0.398. The van der Waals surface area contributed by atoms with Gasteiger partial charge in [-0.15, -0.1) is 11.3 Å².